The van der Waals surface area contributed by atoms with Crippen molar-refractivity contribution in [2.45, 2.75) is 46.5 Å². The lowest BCUT2D eigenvalue weighted by atomic mass is 9.76. The number of rotatable bonds is 2. The third-order valence-corrected chi connectivity index (χ3v) is 3.62. The molecule has 0 aromatic rings. The summed E-state index contributed by atoms with van der Waals surface area (Å²) < 4.78 is 0. The molecule has 0 bridgehead atoms. The summed E-state index contributed by atoms with van der Waals surface area (Å²) in [5.74, 6) is 2.60. The highest BCUT2D eigenvalue weighted by atomic mass is 32.1. The van der Waals surface area contributed by atoms with Crippen molar-refractivity contribution in [3.8, 4) is 0 Å². The molecule has 1 heteroatoms. The molecule has 0 aromatic heterocycles. The zero-order valence-electron chi connectivity index (χ0n) is 8.47. The van der Waals surface area contributed by atoms with Crippen molar-refractivity contribution in [3.05, 3.63) is 0 Å². The van der Waals surface area contributed by atoms with E-state index in [2.05, 4.69) is 20.8 Å². The van der Waals surface area contributed by atoms with Gasteiger partial charge in [0.25, 0.3) is 0 Å². The smallest absolute Gasteiger partial charge is 0.00716 e. The number of hydrogen-bond donors (Lipinski definition) is 0. The van der Waals surface area contributed by atoms with Gasteiger partial charge in [0.05, 0.1) is 0 Å². The highest BCUT2D eigenvalue weighted by molar-refractivity contribution is 7.80. The molecule has 0 nitrogen and oxygen atoms in total. The van der Waals surface area contributed by atoms with E-state index in [1.54, 1.807) is 0 Å². The summed E-state index contributed by atoms with van der Waals surface area (Å²) in [5.41, 5.74) is 0. The molecule has 0 unspecified atom stereocenters. The lowest BCUT2D eigenvalue weighted by Gasteiger charge is -2.30. The Morgan fingerprint density at radius 3 is 2.00 bits per heavy atom. The Balaban J connectivity index is 2.34. The van der Waals surface area contributed by atoms with Crippen LogP contribution in [0.1, 0.15) is 46.5 Å². The van der Waals surface area contributed by atoms with Crippen LogP contribution in [-0.2, 0) is 0 Å². The lowest BCUT2D eigenvalue weighted by Crippen LogP contribution is -2.21. The Kier molecular flexibility index (Phi) is 3.70. The van der Waals surface area contributed by atoms with Gasteiger partial charge >= 0.3 is 0 Å². The number of thiocarbonyl (C=S) groups is 1. The molecule has 1 fully saturated rings. The molecular formula is C11H20S. The van der Waals surface area contributed by atoms with Crippen LogP contribution in [0.5, 0.6) is 0 Å². The Morgan fingerprint density at radius 2 is 1.67 bits per heavy atom. The SMILES string of the molecule is CC(=S)C1CCC(C(C)C)CC1. The fraction of sp³-hybridized carbons (Fsp3) is 0.909. The minimum absolute atomic E-state index is 0.759. The average molecular weight is 184 g/mol. The van der Waals surface area contributed by atoms with Crippen LogP contribution in [0.3, 0.4) is 0 Å². The lowest BCUT2D eigenvalue weighted by molar-refractivity contribution is 0.256. The zero-order valence-corrected chi connectivity index (χ0v) is 9.29. The fourth-order valence-electron chi connectivity index (χ4n) is 2.19. The molecule has 0 amide bonds. The van der Waals surface area contributed by atoms with E-state index >= 15 is 0 Å². The first-order valence-electron chi connectivity index (χ1n) is 5.11. The molecule has 0 saturated heterocycles. The maximum Gasteiger partial charge on any atom is -0.00716 e. The molecule has 0 spiro atoms. The number of hydrogen-bond acceptors (Lipinski definition) is 1. The van der Waals surface area contributed by atoms with Gasteiger partial charge in [-0.2, -0.15) is 0 Å². The summed E-state index contributed by atoms with van der Waals surface area (Å²) in [6.45, 7) is 6.79. The largest absolute Gasteiger partial charge is 0.0897 e. The quantitative estimate of drug-likeness (QED) is 0.588. The second-order valence-corrected chi connectivity index (χ2v) is 5.11. The summed E-state index contributed by atoms with van der Waals surface area (Å²) in [6.07, 6.45) is 5.49. The monoisotopic (exact) mass is 184 g/mol. The summed E-state index contributed by atoms with van der Waals surface area (Å²) in [4.78, 5) is 1.23. The molecule has 0 aromatic carbocycles. The molecule has 1 aliphatic carbocycles. The van der Waals surface area contributed by atoms with E-state index in [9.17, 15) is 0 Å². The van der Waals surface area contributed by atoms with E-state index in [-0.39, 0.29) is 0 Å². The van der Waals surface area contributed by atoms with Crippen LogP contribution in [0.15, 0.2) is 0 Å². The van der Waals surface area contributed by atoms with Gasteiger partial charge in [0.15, 0.2) is 0 Å². The summed E-state index contributed by atoms with van der Waals surface area (Å²) in [6, 6.07) is 0. The van der Waals surface area contributed by atoms with E-state index in [4.69, 9.17) is 12.2 Å². The molecule has 0 aliphatic heterocycles. The van der Waals surface area contributed by atoms with Gasteiger partial charge in [-0.15, -0.1) is 0 Å². The first kappa shape index (κ1) is 10.2. The van der Waals surface area contributed by atoms with Crippen molar-refractivity contribution < 1.29 is 0 Å². The first-order valence-corrected chi connectivity index (χ1v) is 5.52. The highest BCUT2D eigenvalue weighted by Crippen LogP contribution is 2.33. The molecule has 1 aliphatic rings. The Labute approximate surface area is 81.7 Å². The second-order valence-electron chi connectivity index (χ2n) is 4.47. The molecule has 1 saturated carbocycles. The maximum absolute atomic E-state index is 5.22. The van der Waals surface area contributed by atoms with Crippen LogP contribution in [0.2, 0.25) is 0 Å². The van der Waals surface area contributed by atoms with Crippen LogP contribution in [0, 0.1) is 17.8 Å². The summed E-state index contributed by atoms with van der Waals surface area (Å²) in [5, 5.41) is 0. The van der Waals surface area contributed by atoms with Gasteiger partial charge in [0.2, 0.25) is 0 Å². The van der Waals surface area contributed by atoms with Crippen LogP contribution in [0.4, 0.5) is 0 Å². The average Bonchev–Trinajstić information content (AvgIpc) is 2.04. The highest BCUT2D eigenvalue weighted by Gasteiger charge is 2.23. The molecule has 70 valence electrons. The summed E-state index contributed by atoms with van der Waals surface area (Å²) >= 11 is 5.22. The van der Waals surface area contributed by atoms with E-state index in [1.807, 2.05) is 0 Å². The van der Waals surface area contributed by atoms with Crippen molar-refractivity contribution in [2.75, 3.05) is 0 Å². The molecule has 1 rings (SSSR count). The van der Waals surface area contributed by atoms with Crippen LogP contribution in [0.25, 0.3) is 0 Å². The standard InChI is InChI=1S/C11H20S/c1-8(2)10-4-6-11(7-5-10)9(3)12/h8,10-11H,4-7H2,1-3H3. The van der Waals surface area contributed by atoms with E-state index in [0.717, 1.165) is 17.8 Å². The van der Waals surface area contributed by atoms with Crippen molar-refractivity contribution >= 4 is 17.1 Å². The van der Waals surface area contributed by atoms with Gasteiger partial charge in [0.1, 0.15) is 0 Å². The van der Waals surface area contributed by atoms with Gasteiger partial charge in [-0.05, 0) is 55.2 Å². The Hall–Kier alpha value is 0.0900. The van der Waals surface area contributed by atoms with Gasteiger partial charge in [0, 0.05) is 0 Å². The molecule has 12 heavy (non-hydrogen) atoms. The van der Waals surface area contributed by atoms with Crippen molar-refractivity contribution in [1.29, 1.82) is 0 Å². The van der Waals surface area contributed by atoms with E-state index < -0.39 is 0 Å². The topological polar surface area (TPSA) is 0 Å². The van der Waals surface area contributed by atoms with Gasteiger partial charge < -0.3 is 0 Å². The summed E-state index contributed by atoms with van der Waals surface area (Å²) in [7, 11) is 0. The molecule has 0 heterocycles. The minimum atomic E-state index is 0.759. The zero-order chi connectivity index (χ0) is 9.14. The van der Waals surface area contributed by atoms with Crippen molar-refractivity contribution in [2.24, 2.45) is 17.8 Å². The predicted octanol–water partition coefficient (Wildman–Crippen LogP) is 3.84. The second kappa shape index (κ2) is 4.36. The molecule has 0 radical (unpaired) electrons. The van der Waals surface area contributed by atoms with Crippen molar-refractivity contribution in [3.63, 3.8) is 0 Å². The van der Waals surface area contributed by atoms with Crippen molar-refractivity contribution in [1.82, 2.24) is 0 Å². The first-order chi connectivity index (χ1) is 5.61. The fourth-order valence-corrected chi connectivity index (χ4v) is 2.43. The van der Waals surface area contributed by atoms with Crippen LogP contribution < -0.4 is 0 Å². The molecule has 0 atom stereocenters. The molecule has 0 N–H and O–H groups in total. The predicted molar refractivity (Wildman–Crippen MR) is 58.6 cm³/mol. The third kappa shape index (κ3) is 2.55. The van der Waals surface area contributed by atoms with Gasteiger partial charge in [-0.25, -0.2) is 0 Å². The van der Waals surface area contributed by atoms with Gasteiger partial charge in [-0.3, -0.25) is 0 Å². The third-order valence-electron chi connectivity index (χ3n) is 3.29. The molecular weight excluding hydrogens is 164 g/mol. The minimum Gasteiger partial charge on any atom is -0.0897 e. The van der Waals surface area contributed by atoms with Crippen LogP contribution >= 0.6 is 12.2 Å². The normalized spacial score (nSPS) is 30.7. The van der Waals surface area contributed by atoms with E-state index in [0.29, 0.717) is 0 Å². The maximum atomic E-state index is 5.22. The van der Waals surface area contributed by atoms with Crippen LogP contribution in [-0.4, -0.2) is 4.86 Å². The van der Waals surface area contributed by atoms with Gasteiger partial charge in [-0.1, -0.05) is 26.1 Å². The Bertz CT molecular complexity index is 152. The van der Waals surface area contributed by atoms with E-state index in [1.165, 1.54) is 30.5 Å². The Morgan fingerprint density at radius 1 is 1.17 bits per heavy atom.